The Labute approximate surface area is 193 Å². The lowest BCUT2D eigenvalue weighted by Crippen LogP contribution is -2.46. The summed E-state index contributed by atoms with van der Waals surface area (Å²) in [4.78, 5) is 31.3. The summed E-state index contributed by atoms with van der Waals surface area (Å²) < 4.78 is 0. The summed E-state index contributed by atoms with van der Waals surface area (Å²) in [5.74, 6) is 0.613. The Kier molecular flexibility index (Phi) is 9.81. The number of hydrogen-bond donors (Lipinski definition) is 2. The minimum Gasteiger partial charge on any atom is -0.352 e. The maximum Gasteiger partial charge on any atom is 0.317 e. The molecule has 0 radical (unpaired) electrons. The zero-order valence-corrected chi connectivity index (χ0v) is 19.9. The Hall–Kier alpha value is -2.12. The van der Waals surface area contributed by atoms with Crippen LogP contribution in [0.5, 0.6) is 0 Å². The number of nitrogens with zero attached hydrogens (tertiary/aromatic N) is 3. The molecule has 7 nitrogen and oxygen atoms in total. The van der Waals surface area contributed by atoms with E-state index in [1.807, 2.05) is 24.0 Å². The van der Waals surface area contributed by atoms with E-state index < -0.39 is 0 Å². The smallest absolute Gasteiger partial charge is 0.317 e. The molecular formula is C25H41N5O2. The third-order valence-corrected chi connectivity index (χ3v) is 6.82. The standard InChI is InChI=1S/C25H41N5O2/c1-3-26-25(32)30-14-10-22(11-15-30)20-21-6-8-23(9-7-21)24(31)27-12-5-13-29-18-16-28(4-2)17-19-29/h6-9,22H,3-5,10-20H2,1-2H3,(H,26,32)(H,27,31). The second-order valence-electron chi connectivity index (χ2n) is 9.05. The lowest BCUT2D eigenvalue weighted by molar-refractivity contribution is 0.0948. The first-order chi connectivity index (χ1) is 15.6. The van der Waals surface area contributed by atoms with E-state index in [0.717, 1.165) is 90.1 Å². The van der Waals surface area contributed by atoms with Crippen LogP contribution >= 0.6 is 0 Å². The van der Waals surface area contributed by atoms with Crippen molar-refractivity contribution in [2.75, 3.05) is 65.4 Å². The molecule has 0 unspecified atom stereocenters. The number of piperazine rings is 1. The Balaban J connectivity index is 1.33. The first kappa shape index (κ1) is 24.5. The Morgan fingerprint density at radius 2 is 1.56 bits per heavy atom. The largest absolute Gasteiger partial charge is 0.352 e. The van der Waals surface area contributed by atoms with Crippen molar-refractivity contribution >= 4 is 11.9 Å². The van der Waals surface area contributed by atoms with E-state index in [2.05, 4.69) is 39.5 Å². The van der Waals surface area contributed by atoms with E-state index in [1.54, 1.807) is 0 Å². The Bertz CT molecular complexity index is 708. The van der Waals surface area contributed by atoms with Crippen LogP contribution in [0.4, 0.5) is 4.79 Å². The van der Waals surface area contributed by atoms with Crippen molar-refractivity contribution in [1.29, 1.82) is 0 Å². The van der Waals surface area contributed by atoms with Gasteiger partial charge >= 0.3 is 6.03 Å². The quantitative estimate of drug-likeness (QED) is 0.575. The number of carbonyl (C=O) groups excluding carboxylic acids is 2. The zero-order valence-electron chi connectivity index (χ0n) is 19.9. The summed E-state index contributed by atoms with van der Waals surface area (Å²) in [6.45, 7) is 14.0. The van der Waals surface area contributed by atoms with Crippen molar-refractivity contribution in [3.8, 4) is 0 Å². The number of piperidine rings is 1. The van der Waals surface area contributed by atoms with Crippen LogP contribution < -0.4 is 10.6 Å². The number of amides is 3. The van der Waals surface area contributed by atoms with Crippen LogP contribution in [0.25, 0.3) is 0 Å². The van der Waals surface area contributed by atoms with Gasteiger partial charge in [-0.1, -0.05) is 19.1 Å². The predicted octanol–water partition coefficient (Wildman–Crippen LogP) is 2.43. The summed E-state index contributed by atoms with van der Waals surface area (Å²) in [6, 6.07) is 8.11. The van der Waals surface area contributed by atoms with Crippen LogP contribution in [0, 0.1) is 5.92 Å². The van der Waals surface area contributed by atoms with Gasteiger partial charge in [-0.15, -0.1) is 0 Å². The number of likely N-dealkylation sites (tertiary alicyclic amines) is 1. The van der Waals surface area contributed by atoms with Crippen LogP contribution in [0.1, 0.15) is 49.0 Å². The van der Waals surface area contributed by atoms with Crippen molar-refractivity contribution in [3.63, 3.8) is 0 Å². The van der Waals surface area contributed by atoms with Gasteiger partial charge in [0.2, 0.25) is 0 Å². The molecule has 1 aromatic carbocycles. The molecule has 178 valence electrons. The van der Waals surface area contributed by atoms with Gasteiger partial charge in [-0.25, -0.2) is 4.79 Å². The monoisotopic (exact) mass is 443 g/mol. The molecule has 0 aliphatic carbocycles. The summed E-state index contributed by atoms with van der Waals surface area (Å²) in [5.41, 5.74) is 2.00. The fourth-order valence-electron chi connectivity index (χ4n) is 4.66. The minimum atomic E-state index is 0.0163. The van der Waals surface area contributed by atoms with Gasteiger partial charge in [-0.05, 0) is 69.3 Å². The number of hydrogen-bond acceptors (Lipinski definition) is 4. The summed E-state index contributed by atoms with van der Waals surface area (Å²) >= 11 is 0. The zero-order chi connectivity index (χ0) is 22.8. The van der Waals surface area contributed by atoms with Gasteiger partial charge in [0.15, 0.2) is 0 Å². The number of benzene rings is 1. The third-order valence-electron chi connectivity index (χ3n) is 6.82. The summed E-state index contributed by atoms with van der Waals surface area (Å²) in [7, 11) is 0. The average Bonchev–Trinajstić information content (AvgIpc) is 2.83. The first-order valence-corrected chi connectivity index (χ1v) is 12.4. The molecule has 0 bridgehead atoms. The number of nitrogens with one attached hydrogen (secondary N) is 2. The number of carbonyl (C=O) groups is 2. The molecule has 2 aliphatic heterocycles. The van der Waals surface area contributed by atoms with E-state index in [9.17, 15) is 9.59 Å². The van der Waals surface area contributed by atoms with Gasteiger partial charge in [0.05, 0.1) is 0 Å². The molecule has 3 rings (SSSR count). The molecule has 0 aromatic heterocycles. The highest BCUT2D eigenvalue weighted by Crippen LogP contribution is 2.22. The molecule has 2 saturated heterocycles. The molecule has 2 heterocycles. The highest BCUT2D eigenvalue weighted by atomic mass is 16.2. The topological polar surface area (TPSA) is 67.9 Å². The number of urea groups is 1. The number of likely N-dealkylation sites (N-methyl/N-ethyl adjacent to an activating group) is 1. The fraction of sp³-hybridized carbons (Fsp3) is 0.680. The van der Waals surface area contributed by atoms with Crippen molar-refractivity contribution in [1.82, 2.24) is 25.3 Å². The van der Waals surface area contributed by atoms with Gasteiger partial charge in [-0.2, -0.15) is 0 Å². The van der Waals surface area contributed by atoms with E-state index in [0.29, 0.717) is 12.5 Å². The lowest BCUT2D eigenvalue weighted by Gasteiger charge is -2.33. The van der Waals surface area contributed by atoms with Crippen molar-refractivity contribution in [2.45, 2.75) is 39.5 Å². The molecule has 0 saturated carbocycles. The lowest BCUT2D eigenvalue weighted by atomic mass is 9.90. The molecule has 32 heavy (non-hydrogen) atoms. The molecule has 7 heteroatoms. The van der Waals surface area contributed by atoms with Gasteiger partial charge in [-0.3, -0.25) is 4.79 Å². The molecule has 2 N–H and O–H groups in total. The maximum atomic E-state index is 12.5. The SMILES string of the molecule is CCNC(=O)N1CCC(Cc2ccc(C(=O)NCCCN3CCN(CC)CC3)cc2)CC1. The highest BCUT2D eigenvalue weighted by Gasteiger charge is 2.22. The van der Waals surface area contributed by atoms with Crippen molar-refractivity contribution in [2.24, 2.45) is 5.92 Å². The number of rotatable bonds is 9. The second kappa shape index (κ2) is 12.8. The molecular weight excluding hydrogens is 402 g/mol. The minimum absolute atomic E-state index is 0.0163. The predicted molar refractivity (Wildman–Crippen MR) is 129 cm³/mol. The molecule has 2 aliphatic rings. The van der Waals surface area contributed by atoms with Crippen molar-refractivity contribution in [3.05, 3.63) is 35.4 Å². The van der Waals surface area contributed by atoms with E-state index in [4.69, 9.17) is 0 Å². The van der Waals surface area contributed by atoms with Crippen LogP contribution in [0.3, 0.4) is 0 Å². The highest BCUT2D eigenvalue weighted by molar-refractivity contribution is 5.94. The van der Waals surface area contributed by atoms with Gasteiger partial charge in [0.1, 0.15) is 0 Å². The fourth-order valence-corrected chi connectivity index (χ4v) is 4.66. The normalized spacial score (nSPS) is 18.5. The third kappa shape index (κ3) is 7.48. The Morgan fingerprint density at radius 1 is 0.906 bits per heavy atom. The molecule has 0 atom stereocenters. The van der Waals surface area contributed by atoms with Gasteiger partial charge in [0.25, 0.3) is 5.91 Å². The van der Waals surface area contributed by atoms with E-state index in [1.165, 1.54) is 5.56 Å². The van der Waals surface area contributed by atoms with Crippen molar-refractivity contribution < 1.29 is 9.59 Å². The van der Waals surface area contributed by atoms with Crippen LogP contribution in [-0.4, -0.2) is 92.1 Å². The first-order valence-electron chi connectivity index (χ1n) is 12.4. The molecule has 3 amide bonds. The van der Waals surface area contributed by atoms with Gasteiger partial charge in [0, 0.05) is 57.9 Å². The molecule has 0 spiro atoms. The maximum absolute atomic E-state index is 12.5. The Morgan fingerprint density at radius 3 is 2.19 bits per heavy atom. The van der Waals surface area contributed by atoms with Crippen LogP contribution in [-0.2, 0) is 6.42 Å². The molecule has 1 aromatic rings. The second-order valence-corrected chi connectivity index (χ2v) is 9.05. The van der Waals surface area contributed by atoms with E-state index in [-0.39, 0.29) is 11.9 Å². The summed E-state index contributed by atoms with van der Waals surface area (Å²) in [6.07, 6.45) is 4.07. The van der Waals surface area contributed by atoms with E-state index >= 15 is 0 Å². The van der Waals surface area contributed by atoms with Crippen LogP contribution in [0.15, 0.2) is 24.3 Å². The molecule has 2 fully saturated rings. The van der Waals surface area contributed by atoms with Crippen LogP contribution in [0.2, 0.25) is 0 Å². The average molecular weight is 444 g/mol. The summed E-state index contributed by atoms with van der Waals surface area (Å²) in [5, 5.41) is 5.95. The van der Waals surface area contributed by atoms with Gasteiger partial charge < -0.3 is 25.3 Å².